The number of hydrogen-bond acceptors (Lipinski definition) is 8. The summed E-state index contributed by atoms with van der Waals surface area (Å²) in [5.41, 5.74) is 1.43. The number of carbonyl (C=O) groups is 2. The fourth-order valence-corrected chi connectivity index (χ4v) is 2.76. The molecule has 0 radical (unpaired) electrons. The molecule has 0 spiro atoms. The molecule has 0 fully saturated rings. The first-order chi connectivity index (χ1) is 15.5. The quantitative estimate of drug-likeness (QED) is 0.277. The highest BCUT2D eigenvalue weighted by molar-refractivity contribution is 5.89. The first kappa shape index (κ1) is 22.4. The van der Waals surface area contributed by atoms with E-state index in [0.717, 1.165) is 11.3 Å². The van der Waals surface area contributed by atoms with Crippen LogP contribution >= 0.6 is 0 Å². The number of benzene rings is 2. The second-order valence-electron chi connectivity index (χ2n) is 6.68. The van der Waals surface area contributed by atoms with Crippen LogP contribution in [-0.4, -0.2) is 47.1 Å². The lowest BCUT2D eigenvalue weighted by Gasteiger charge is -2.06. The zero-order valence-corrected chi connectivity index (χ0v) is 17.2. The van der Waals surface area contributed by atoms with Crippen molar-refractivity contribution in [2.75, 3.05) is 20.2 Å². The predicted octanol–water partition coefficient (Wildman–Crippen LogP) is 2.13. The summed E-state index contributed by atoms with van der Waals surface area (Å²) in [7, 11) is 1.59. The molecular formula is C21H21N5O6. The van der Waals surface area contributed by atoms with Crippen molar-refractivity contribution in [3.63, 3.8) is 0 Å². The van der Waals surface area contributed by atoms with E-state index in [4.69, 9.17) is 9.26 Å². The summed E-state index contributed by atoms with van der Waals surface area (Å²) in [6.45, 7) is 0.429. The number of aryl methyl sites for hydroxylation is 1. The minimum absolute atomic E-state index is 0.0683. The monoisotopic (exact) mass is 439 g/mol. The highest BCUT2D eigenvalue weighted by Gasteiger charge is 2.16. The number of nitrogens with zero attached hydrogens (tertiary/aromatic N) is 3. The summed E-state index contributed by atoms with van der Waals surface area (Å²) >= 11 is 0. The Labute approximate surface area is 182 Å². The Bertz CT molecular complexity index is 1080. The summed E-state index contributed by atoms with van der Waals surface area (Å²) in [4.78, 5) is 38.2. The summed E-state index contributed by atoms with van der Waals surface area (Å²) in [6, 6.07) is 13.0. The van der Waals surface area contributed by atoms with Gasteiger partial charge in [-0.05, 0) is 36.2 Å². The van der Waals surface area contributed by atoms with E-state index in [0.29, 0.717) is 18.4 Å². The normalized spacial score (nSPS) is 10.4. The third-order valence-corrected chi connectivity index (χ3v) is 4.49. The van der Waals surface area contributed by atoms with Crippen LogP contribution in [0.3, 0.4) is 0 Å². The highest BCUT2D eigenvalue weighted by atomic mass is 16.6. The molecule has 0 aliphatic heterocycles. The topological polar surface area (TPSA) is 149 Å². The van der Waals surface area contributed by atoms with Gasteiger partial charge in [-0.25, -0.2) is 0 Å². The number of nitrogens with one attached hydrogen (secondary N) is 2. The third kappa shape index (κ3) is 6.11. The molecule has 2 amide bonds. The molecule has 0 aliphatic rings. The number of nitro benzene ring substituents is 1. The Morgan fingerprint density at radius 2 is 1.75 bits per heavy atom. The zero-order valence-electron chi connectivity index (χ0n) is 17.2. The van der Waals surface area contributed by atoms with E-state index in [9.17, 15) is 19.7 Å². The maximum Gasteiger partial charge on any atom is 0.316 e. The summed E-state index contributed by atoms with van der Waals surface area (Å²) < 4.78 is 10.0. The van der Waals surface area contributed by atoms with E-state index in [-0.39, 0.29) is 36.4 Å². The summed E-state index contributed by atoms with van der Waals surface area (Å²) in [5.74, 6) is -0.0671. The largest absolute Gasteiger partial charge is 0.497 e. The van der Waals surface area contributed by atoms with Crippen molar-refractivity contribution in [3.05, 3.63) is 70.1 Å². The minimum atomic E-state index is -0.585. The molecule has 32 heavy (non-hydrogen) atoms. The Morgan fingerprint density at radius 3 is 2.41 bits per heavy atom. The average Bonchev–Trinajstić information content (AvgIpc) is 3.31. The van der Waals surface area contributed by atoms with Crippen molar-refractivity contribution in [1.29, 1.82) is 0 Å². The number of aromatic nitrogens is 2. The number of rotatable bonds is 10. The van der Waals surface area contributed by atoms with Gasteiger partial charge in [0.25, 0.3) is 5.69 Å². The molecule has 11 nitrogen and oxygen atoms in total. The first-order valence-corrected chi connectivity index (χ1v) is 9.72. The van der Waals surface area contributed by atoms with Crippen molar-refractivity contribution < 1.29 is 23.8 Å². The number of amides is 2. The van der Waals surface area contributed by atoms with Crippen LogP contribution < -0.4 is 15.4 Å². The summed E-state index contributed by atoms with van der Waals surface area (Å²) in [6.07, 6.45) is 0.915. The molecule has 3 aromatic rings. The molecule has 11 heteroatoms. The molecule has 2 N–H and O–H groups in total. The number of ether oxygens (including phenoxy) is 1. The van der Waals surface area contributed by atoms with E-state index >= 15 is 0 Å². The fourth-order valence-electron chi connectivity index (χ4n) is 2.76. The van der Waals surface area contributed by atoms with Crippen molar-refractivity contribution in [2.45, 2.75) is 12.8 Å². The van der Waals surface area contributed by atoms with Crippen LogP contribution in [-0.2, 0) is 11.2 Å². The van der Waals surface area contributed by atoms with Crippen molar-refractivity contribution in [3.8, 4) is 17.1 Å². The zero-order chi connectivity index (χ0) is 22.9. The van der Waals surface area contributed by atoms with Gasteiger partial charge >= 0.3 is 11.8 Å². The van der Waals surface area contributed by atoms with Crippen LogP contribution in [0.2, 0.25) is 0 Å². The first-order valence-electron chi connectivity index (χ1n) is 9.72. The van der Waals surface area contributed by atoms with Crippen LogP contribution in [0.25, 0.3) is 11.4 Å². The van der Waals surface area contributed by atoms with Gasteiger partial charge < -0.3 is 19.9 Å². The Balaban J connectivity index is 1.39. The molecule has 0 saturated carbocycles. The van der Waals surface area contributed by atoms with Gasteiger partial charge in [0.05, 0.1) is 12.0 Å². The average molecular weight is 439 g/mol. The van der Waals surface area contributed by atoms with Crippen LogP contribution in [0.4, 0.5) is 5.69 Å². The van der Waals surface area contributed by atoms with Crippen LogP contribution in [0.5, 0.6) is 5.75 Å². The smallest absolute Gasteiger partial charge is 0.316 e. The van der Waals surface area contributed by atoms with Gasteiger partial charge in [0.1, 0.15) is 5.75 Å². The molecule has 166 valence electrons. The Morgan fingerprint density at radius 1 is 1.06 bits per heavy atom. The van der Waals surface area contributed by atoms with E-state index < -0.39 is 10.8 Å². The Hall–Kier alpha value is -4.28. The van der Waals surface area contributed by atoms with Gasteiger partial charge in [-0.2, -0.15) is 4.98 Å². The lowest BCUT2D eigenvalue weighted by molar-refractivity contribution is -0.384. The third-order valence-electron chi connectivity index (χ3n) is 4.49. The van der Waals surface area contributed by atoms with Gasteiger partial charge in [-0.15, -0.1) is 0 Å². The van der Waals surface area contributed by atoms with Crippen molar-refractivity contribution in [2.24, 2.45) is 0 Å². The number of methoxy groups -OCH3 is 1. The summed E-state index contributed by atoms with van der Waals surface area (Å²) in [5, 5.41) is 19.7. The van der Waals surface area contributed by atoms with E-state index in [1.807, 2.05) is 24.3 Å². The van der Waals surface area contributed by atoms with Crippen LogP contribution in [0, 0.1) is 10.1 Å². The molecule has 1 aromatic heterocycles. The van der Waals surface area contributed by atoms with Crippen molar-refractivity contribution in [1.82, 2.24) is 20.8 Å². The lowest BCUT2D eigenvalue weighted by Crippen LogP contribution is -2.34. The van der Waals surface area contributed by atoms with E-state index in [1.165, 1.54) is 24.3 Å². The molecule has 0 bridgehead atoms. The maximum absolute atomic E-state index is 12.1. The minimum Gasteiger partial charge on any atom is -0.497 e. The molecule has 1 heterocycles. The number of nitro groups is 1. The van der Waals surface area contributed by atoms with Gasteiger partial charge in [-0.3, -0.25) is 19.7 Å². The molecular weight excluding hydrogens is 418 g/mol. The number of non-ortho nitro benzene ring substituents is 1. The second-order valence-corrected chi connectivity index (χ2v) is 6.68. The van der Waals surface area contributed by atoms with Crippen molar-refractivity contribution >= 4 is 17.5 Å². The maximum atomic E-state index is 12.1. The number of hydrogen-bond donors (Lipinski definition) is 2. The van der Waals surface area contributed by atoms with Gasteiger partial charge in [0.2, 0.25) is 11.7 Å². The van der Waals surface area contributed by atoms with E-state index in [2.05, 4.69) is 20.8 Å². The fraction of sp³-hybridized carbons (Fsp3) is 0.238. The van der Waals surface area contributed by atoms with Gasteiger partial charge in [0.15, 0.2) is 0 Å². The molecule has 0 saturated heterocycles. The lowest BCUT2D eigenvalue weighted by atomic mass is 10.1. The Kier molecular flexibility index (Phi) is 7.46. The van der Waals surface area contributed by atoms with E-state index in [1.54, 1.807) is 7.11 Å². The second kappa shape index (κ2) is 10.7. The number of carbonyl (C=O) groups excluding carboxylic acids is 2. The van der Waals surface area contributed by atoms with Gasteiger partial charge in [-0.1, -0.05) is 17.3 Å². The predicted molar refractivity (Wildman–Crippen MR) is 113 cm³/mol. The molecule has 0 unspecified atom stereocenters. The highest BCUT2D eigenvalue weighted by Crippen LogP contribution is 2.19. The molecule has 2 aromatic carbocycles. The van der Waals surface area contributed by atoms with Crippen LogP contribution in [0.15, 0.2) is 53.1 Å². The standard InChI is InChI=1S/C21H21N5O6/c1-31-17-9-2-14(3-10-17)4-11-18(27)22-12-13-23-20(28)21-24-19(25-32-21)15-5-7-16(8-6-15)26(29)30/h2-3,5-10H,4,11-13H2,1H3,(H,22,27)(H,23,28). The SMILES string of the molecule is COc1ccc(CCC(=O)NCCNC(=O)c2nc(-c3ccc([N+](=O)[O-])cc3)no2)cc1. The molecule has 3 rings (SSSR count). The molecule has 0 atom stereocenters. The van der Waals surface area contributed by atoms with Gasteiger partial charge in [0, 0.05) is 37.2 Å². The molecule has 0 aliphatic carbocycles. The van der Waals surface area contributed by atoms with Crippen LogP contribution in [0.1, 0.15) is 22.7 Å².